The number of anilines is 1. The van der Waals surface area contributed by atoms with Crippen LogP contribution in [-0.2, 0) is 19.6 Å². The molecule has 0 unspecified atom stereocenters. The van der Waals surface area contributed by atoms with Crippen LogP contribution in [0.1, 0.15) is 16.8 Å². The summed E-state index contributed by atoms with van der Waals surface area (Å²) in [4.78, 5) is 11.2. The first-order chi connectivity index (χ1) is 9.26. The molecule has 1 aliphatic heterocycles. The summed E-state index contributed by atoms with van der Waals surface area (Å²) in [6.45, 7) is 2.61. The Morgan fingerprint density at radius 3 is 2.74 bits per heavy atom. The molecule has 1 aromatic carbocycles. The minimum atomic E-state index is 0.630. The van der Waals surface area contributed by atoms with Gasteiger partial charge in [0.25, 0.3) is 0 Å². The maximum atomic E-state index is 6.01. The van der Waals surface area contributed by atoms with E-state index in [1.165, 1.54) is 17.3 Å². The Kier molecular flexibility index (Phi) is 3.40. The third-order valence-corrected chi connectivity index (χ3v) is 3.84. The molecule has 0 aliphatic carbocycles. The molecule has 1 aliphatic rings. The van der Waals surface area contributed by atoms with Crippen LogP contribution in [-0.4, -0.2) is 21.1 Å². The van der Waals surface area contributed by atoms with Crippen molar-refractivity contribution in [2.24, 2.45) is 0 Å². The second kappa shape index (κ2) is 5.19. The largest absolute Gasteiger partial charge is 0.383 e. The average Bonchev–Trinajstić information content (AvgIpc) is 2.83. The van der Waals surface area contributed by atoms with Gasteiger partial charge in [0.15, 0.2) is 5.16 Å². The summed E-state index contributed by atoms with van der Waals surface area (Å²) >= 11 is 1.53. The van der Waals surface area contributed by atoms with Gasteiger partial charge in [0.2, 0.25) is 0 Å². The van der Waals surface area contributed by atoms with Crippen molar-refractivity contribution in [2.75, 3.05) is 12.0 Å². The van der Waals surface area contributed by atoms with Gasteiger partial charge < -0.3 is 5.73 Å². The molecule has 3 rings (SSSR count). The first kappa shape index (κ1) is 12.4. The molecular weight excluding hydrogens is 256 g/mol. The summed E-state index contributed by atoms with van der Waals surface area (Å²) in [6.07, 6.45) is 1.97. The van der Waals surface area contributed by atoms with Crippen molar-refractivity contribution < 1.29 is 0 Å². The van der Waals surface area contributed by atoms with Gasteiger partial charge in [-0.15, -0.1) is 0 Å². The molecule has 0 bridgehead atoms. The van der Waals surface area contributed by atoms with Crippen LogP contribution in [0.15, 0.2) is 35.5 Å². The highest BCUT2D eigenvalue weighted by Crippen LogP contribution is 2.28. The quantitative estimate of drug-likeness (QED) is 0.686. The lowest BCUT2D eigenvalue weighted by Crippen LogP contribution is -2.15. The fourth-order valence-corrected chi connectivity index (χ4v) is 2.76. The molecular formula is C14H16N4S. The Balaban J connectivity index is 1.79. The van der Waals surface area contributed by atoms with Crippen LogP contribution < -0.4 is 5.73 Å². The van der Waals surface area contributed by atoms with E-state index in [4.69, 9.17) is 5.73 Å². The molecule has 0 radical (unpaired) electrons. The predicted molar refractivity (Wildman–Crippen MR) is 77.6 cm³/mol. The second-order valence-corrected chi connectivity index (χ2v) is 5.42. The lowest BCUT2D eigenvalue weighted by atomic mass is 10.2. The number of nitrogen functional groups attached to an aromatic ring is 1. The summed E-state index contributed by atoms with van der Waals surface area (Å²) in [7, 11) is 0. The van der Waals surface area contributed by atoms with Crippen LogP contribution in [0.2, 0.25) is 0 Å². The number of benzene rings is 1. The number of aromatic nitrogens is 2. The van der Waals surface area contributed by atoms with Gasteiger partial charge >= 0.3 is 0 Å². The number of thioether (sulfide) groups is 1. The first-order valence-electron chi connectivity index (χ1n) is 6.22. The zero-order valence-corrected chi connectivity index (χ0v) is 11.7. The molecule has 1 aromatic heterocycles. The van der Waals surface area contributed by atoms with Crippen LogP contribution in [0.3, 0.4) is 0 Å². The van der Waals surface area contributed by atoms with Gasteiger partial charge in [-0.3, -0.25) is 4.90 Å². The third kappa shape index (κ3) is 2.57. The zero-order chi connectivity index (χ0) is 13.2. The molecule has 0 amide bonds. The van der Waals surface area contributed by atoms with Gasteiger partial charge in [0.1, 0.15) is 5.82 Å². The number of nitrogens with zero attached hydrogens (tertiary/aromatic N) is 3. The summed E-state index contributed by atoms with van der Waals surface area (Å²) in [5.74, 6) is 0.630. The van der Waals surface area contributed by atoms with Crippen molar-refractivity contribution in [3.05, 3.63) is 47.2 Å². The number of hydrogen-bond donors (Lipinski definition) is 1. The van der Waals surface area contributed by atoms with Crippen molar-refractivity contribution in [2.45, 2.75) is 24.8 Å². The number of hydrogen-bond acceptors (Lipinski definition) is 5. The molecule has 2 N–H and O–H groups in total. The first-order valence-corrected chi connectivity index (χ1v) is 7.44. The molecule has 2 aromatic rings. The molecule has 0 fully saturated rings. The van der Waals surface area contributed by atoms with E-state index >= 15 is 0 Å². The van der Waals surface area contributed by atoms with Crippen LogP contribution >= 0.6 is 11.8 Å². The van der Waals surface area contributed by atoms with Crippen molar-refractivity contribution in [3.8, 4) is 0 Å². The monoisotopic (exact) mass is 272 g/mol. The minimum absolute atomic E-state index is 0.630. The Bertz CT molecular complexity index is 585. The number of rotatable bonds is 3. The Morgan fingerprint density at radius 2 is 2.00 bits per heavy atom. The van der Waals surface area contributed by atoms with Crippen molar-refractivity contribution >= 4 is 17.6 Å². The molecule has 19 heavy (non-hydrogen) atoms. The van der Waals surface area contributed by atoms with E-state index in [-0.39, 0.29) is 0 Å². The maximum absolute atomic E-state index is 6.01. The van der Waals surface area contributed by atoms with Crippen molar-refractivity contribution in [1.29, 1.82) is 0 Å². The highest BCUT2D eigenvalue weighted by Gasteiger charge is 2.24. The lowest BCUT2D eigenvalue weighted by Gasteiger charge is -2.14. The maximum Gasteiger partial charge on any atom is 0.189 e. The molecule has 0 spiro atoms. The molecule has 5 heteroatoms. The smallest absolute Gasteiger partial charge is 0.189 e. The van der Waals surface area contributed by atoms with Crippen molar-refractivity contribution in [1.82, 2.24) is 14.9 Å². The standard InChI is InChI=1S/C14H16N4S/c1-19-14-16-12-9-18(8-11(12)13(15)17-14)7-10-5-3-2-4-6-10/h2-6H,7-9H2,1H3,(H2,15,16,17). The van der Waals surface area contributed by atoms with E-state index < -0.39 is 0 Å². The summed E-state index contributed by atoms with van der Waals surface area (Å²) in [5.41, 5.74) is 9.49. The van der Waals surface area contributed by atoms with E-state index in [2.05, 4.69) is 39.1 Å². The second-order valence-electron chi connectivity index (χ2n) is 4.65. The molecule has 0 saturated carbocycles. The summed E-state index contributed by atoms with van der Waals surface area (Å²) < 4.78 is 0. The van der Waals surface area contributed by atoms with Crippen LogP contribution in [0.4, 0.5) is 5.82 Å². The van der Waals surface area contributed by atoms with Gasteiger partial charge in [-0.2, -0.15) is 0 Å². The Morgan fingerprint density at radius 1 is 1.21 bits per heavy atom. The summed E-state index contributed by atoms with van der Waals surface area (Å²) in [6, 6.07) is 10.5. The van der Waals surface area contributed by atoms with E-state index in [9.17, 15) is 0 Å². The average molecular weight is 272 g/mol. The van der Waals surface area contributed by atoms with E-state index in [0.717, 1.165) is 36.0 Å². The number of nitrogens with two attached hydrogens (primary N) is 1. The molecule has 2 heterocycles. The van der Waals surface area contributed by atoms with Crippen LogP contribution in [0, 0.1) is 0 Å². The fourth-order valence-electron chi connectivity index (χ4n) is 2.37. The third-order valence-electron chi connectivity index (χ3n) is 3.29. The molecule has 0 atom stereocenters. The normalized spacial score (nSPS) is 14.6. The Labute approximate surface area is 117 Å². The Hall–Kier alpha value is -1.59. The van der Waals surface area contributed by atoms with Gasteiger partial charge in [-0.05, 0) is 11.8 Å². The molecule has 0 saturated heterocycles. The lowest BCUT2D eigenvalue weighted by molar-refractivity contribution is 0.274. The van der Waals surface area contributed by atoms with Crippen LogP contribution in [0.25, 0.3) is 0 Å². The SMILES string of the molecule is CSc1nc(N)c2c(n1)CN(Cc1ccccc1)C2. The van der Waals surface area contributed by atoms with E-state index in [1.807, 2.05) is 12.3 Å². The predicted octanol–water partition coefficient (Wildman–Crippen LogP) is 2.30. The van der Waals surface area contributed by atoms with Crippen LogP contribution in [0.5, 0.6) is 0 Å². The highest BCUT2D eigenvalue weighted by molar-refractivity contribution is 7.98. The fraction of sp³-hybridized carbons (Fsp3) is 0.286. The topological polar surface area (TPSA) is 55.0 Å². The van der Waals surface area contributed by atoms with Gasteiger partial charge in [-0.1, -0.05) is 42.1 Å². The van der Waals surface area contributed by atoms with E-state index in [0.29, 0.717) is 5.82 Å². The molecule has 4 nitrogen and oxygen atoms in total. The number of fused-ring (bicyclic) bond motifs is 1. The van der Waals surface area contributed by atoms with E-state index in [1.54, 1.807) is 0 Å². The van der Waals surface area contributed by atoms with Crippen molar-refractivity contribution in [3.63, 3.8) is 0 Å². The van der Waals surface area contributed by atoms with Gasteiger partial charge in [-0.25, -0.2) is 9.97 Å². The molecule has 98 valence electrons. The highest BCUT2D eigenvalue weighted by atomic mass is 32.2. The zero-order valence-electron chi connectivity index (χ0n) is 10.8. The summed E-state index contributed by atoms with van der Waals surface area (Å²) in [5, 5.41) is 0.762. The van der Waals surface area contributed by atoms with Gasteiger partial charge in [0.05, 0.1) is 5.69 Å². The van der Waals surface area contributed by atoms with Gasteiger partial charge in [0, 0.05) is 25.2 Å². The minimum Gasteiger partial charge on any atom is -0.383 e.